The minimum absolute atomic E-state index is 0.0486. The van der Waals surface area contributed by atoms with Gasteiger partial charge in [0.15, 0.2) is 0 Å². The van der Waals surface area contributed by atoms with Crippen molar-refractivity contribution in [2.75, 3.05) is 10.6 Å². The number of carbonyl (C=O) groups excluding carboxylic acids is 2. The summed E-state index contributed by atoms with van der Waals surface area (Å²) >= 11 is 0. The Morgan fingerprint density at radius 3 is 2.76 bits per heavy atom. The predicted octanol–water partition coefficient (Wildman–Crippen LogP) is 1.42. The number of anilines is 2. The molecule has 0 saturated carbocycles. The summed E-state index contributed by atoms with van der Waals surface area (Å²) in [4.78, 5) is 28.0. The van der Waals surface area contributed by atoms with Gasteiger partial charge in [-0.25, -0.2) is 4.68 Å². The standard InChI is InChI=1S/C14H15N5O2/c1-8-3-9(2)5-10(4-8)17-13(21)11-6-12(20)18-14-15-7-16-19(11)14/h3-5,7,11H,6H2,1-2H3,(H,17,21)(H,15,16,18,20). The fraction of sp³-hybridized carbons (Fsp3) is 0.286. The number of benzene rings is 1. The minimum Gasteiger partial charge on any atom is -0.324 e. The molecular weight excluding hydrogens is 270 g/mol. The number of nitrogens with one attached hydrogen (secondary N) is 2. The summed E-state index contributed by atoms with van der Waals surface area (Å²) < 4.78 is 1.43. The Morgan fingerprint density at radius 1 is 1.33 bits per heavy atom. The SMILES string of the molecule is Cc1cc(C)cc(NC(=O)C2CC(=O)Nc3ncnn32)c1. The van der Waals surface area contributed by atoms with Gasteiger partial charge in [-0.3, -0.25) is 14.9 Å². The van der Waals surface area contributed by atoms with Crippen LogP contribution in [0.2, 0.25) is 0 Å². The first kappa shape index (κ1) is 13.3. The van der Waals surface area contributed by atoms with Crippen LogP contribution in [0.5, 0.6) is 0 Å². The van der Waals surface area contributed by atoms with Crippen molar-refractivity contribution in [3.8, 4) is 0 Å². The van der Waals surface area contributed by atoms with E-state index in [4.69, 9.17) is 0 Å². The lowest BCUT2D eigenvalue weighted by Crippen LogP contribution is -2.36. The Morgan fingerprint density at radius 2 is 2.05 bits per heavy atom. The van der Waals surface area contributed by atoms with Gasteiger partial charge in [0.1, 0.15) is 12.4 Å². The van der Waals surface area contributed by atoms with Crippen LogP contribution < -0.4 is 10.6 Å². The van der Waals surface area contributed by atoms with Crippen LogP contribution in [0.4, 0.5) is 11.6 Å². The molecule has 1 atom stereocenters. The highest BCUT2D eigenvalue weighted by atomic mass is 16.2. The molecule has 1 unspecified atom stereocenters. The van der Waals surface area contributed by atoms with Crippen molar-refractivity contribution in [1.82, 2.24) is 14.8 Å². The molecule has 2 N–H and O–H groups in total. The number of amides is 2. The van der Waals surface area contributed by atoms with Crippen molar-refractivity contribution in [1.29, 1.82) is 0 Å². The topological polar surface area (TPSA) is 88.9 Å². The molecule has 108 valence electrons. The molecule has 0 fully saturated rings. The Bertz CT molecular complexity index is 702. The third-order valence-corrected chi connectivity index (χ3v) is 3.29. The van der Waals surface area contributed by atoms with Crippen LogP contribution in [-0.4, -0.2) is 26.6 Å². The van der Waals surface area contributed by atoms with Crippen molar-refractivity contribution >= 4 is 23.5 Å². The number of aryl methyl sites for hydroxylation is 2. The van der Waals surface area contributed by atoms with E-state index in [0.717, 1.165) is 11.1 Å². The van der Waals surface area contributed by atoms with E-state index in [0.29, 0.717) is 11.6 Å². The highest BCUT2D eigenvalue weighted by Gasteiger charge is 2.31. The first-order valence-electron chi connectivity index (χ1n) is 6.61. The molecule has 1 aliphatic heterocycles. The van der Waals surface area contributed by atoms with E-state index in [1.54, 1.807) is 0 Å². The Hall–Kier alpha value is -2.70. The van der Waals surface area contributed by atoms with E-state index in [-0.39, 0.29) is 18.2 Å². The number of hydrogen-bond acceptors (Lipinski definition) is 4. The lowest BCUT2D eigenvalue weighted by molar-refractivity contribution is -0.125. The van der Waals surface area contributed by atoms with Gasteiger partial charge in [-0.1, -0.05) is 6.07 Å². The van der Waals surface area contributed by atoms with Crippen LogP contribution in [0.15, 0.2) is 24.5 Å². The number of nitrogens with zero attached hydrogens (tertiary/aromatic N) is 3. The van der Waals surface area contributed by atoms with Crippen molar-refractivity contribution in [2.24, 2.45) is 0 Å². The molecule has 0 radical (unpaired) electrons. The van der Waals surface area contributed by atoms with Crippen LogP contribution in [0.25, 0.3) is 0 Å². The predicted molar refractivity (Wildman–Crippen MR) is 76.9 cm³/mol. The van der Waals surface area contributed by atoms with Crippen molar-refractivity contribution in [2.45, 2.75) is 26.3 Å². The molecular formula is C14H15N5O2. The summed E-state index contributed by atoms with van der Waals surface area (Å²) in [7, 11) is 0. The van der Waals surface area contributed by atoms with Crippen LogP contribution in [0, 0.1) is 13.8 Å². The molecule has 1 aliphatic rings. The Kier molecular flexibility index (Phi) is 3.17. The third kappa shape index (κ3) is 2.62. The second kappa shape index (κ2) is 5.01. The largest absolute Gasteiger partial charge is 0.324 e. The van der Waals surface area contributed by atoms with E-state index in [9.17, 15) is 9.59 Å². The lowest BCUT2D eigenvalue weighted by Gasteiger charge is -2.22. The normalized spacial score (nSPS) is 17.0. The highest BCUT2D eigenvalue weighted by molar-refractivity contribution is 6.00. The van der Waals surface area contributed by atoms with Crippen LogP contribution in [0.1, 0.15) is 23.6 Å². The van der Waals surface area contributed by atoms with Gasteiger partial charge in [0.2, 0.25) is 17.8 Å². The number of aromatic nitrogens is 3. The molecule has 2 heterocycles. The van der Waals surface area contributed by atoms with E-state index in [1.807, 2.05) is 32.0 Å². The van der Waals surface area contributed by atoms with Crippen LogP contribution in [-0.2, 0) is 9.59 Å². The van der Waals surface area contributed by atoms with Gasteiger partial charge in [0.05, 0.1) is 6.42 Å². The molecule has 2 amide bonds. The molecule has 1 aromatic carbocycles. The van der Waals surface area contributed by atoms with Gasteiger partial charge in [0, 0.05) is 5.69 Å². The van der Waals surface area contributed by atoms with Gasteiger partial charge < -0.3 is 5.32 Å². The molecule has 0 bridgehead atoms. The smallest absolute Gasteiger partial charge is 0.249 e. The van der Waals surface area contributed by atoms with Crippen LogP contribution in [0.3, 0.4) is 0 Å². The van der Waals surface area contributed by atoms with Crippen molar-refractivity contribution in [3.63, 3.8) is 0 Å². The molecule has 21 heavy (non-hydrogen) atoms. The van der Waals surface area contributed by atoms with E-state index in [1.165, 1.54) is 11.0 Å². The fourth-order valence-electron chi connectivity index (χ4n) is 2.48. The average Bonchev–Trinajstić information content (AvgIpc) is 2.84. The van der Waals surface area contributed by atoms with Gasteiger partial charge >= 0.3 is 0 Å². The van der Waals surface area contributed by atoms with Gasteiger partial charge in [-0.2, -0.15) is 10.1 Å². The molecule has 0 spiro atoms. The number of fused-ring (bicyclic) bond motifs is 1. The Balaban J connectivity index is 1.85. The van der Waals surface area contributed by atoms with E-state index < -0.39 is 6.04 Å². The molecule has 3 rings (SSSR count). The first-order valence-corrected chi connectivity index (χ1v) is 6.61. The van der Waals surface area contributed by atoms with Gasteiger partial charge in [-0.15, -0.1) is 0 Å². The molecule has 1 aromatic heterocycles. The molecule has 0 aliphatic carbocycles. The Labute approximate surface area is 121 Å². The average molecular weight is 285 g/mol. The second-order valence-corrected chi connectivity index (χ2v) is 5.16. The summed E-state index contributed by atoms with van der Waals surface area (Å²) in [6, 6.07) is 5.11. The molecule has 7 nitrogen and oxygen atoms in total. The maximum Gasteiger partial charge on any atom is 0.249 e. The fourth-order valence-corrected chi connectivity index (χ4v) is 2.48. The van der Waals surface area contributed by atoms with Gasteiger partial charge in [0.25, 0.3) is 0 Å². The molecule has 0 saturated heterocycles. The van der Waals surface area contributed by atoms with Crippen LogP contribution >= 0.6 is 0 Å². The first-order chi connectivity index (χ1) is 10.0. The number of carbonyl (C=O) groups is 2. The summed E-state index contributed by atoms with van der Waals surface area (Å²) in [6.45, 7) is 3.93. The zero-order chi connectivity index (χ0) is 15.0. The number of hydrogen-bond donors (Lipinski definition) is 2. The van der Waals surface area contributed by atoms with E-state index in [2.05, 4.69) is 20.7 Å². The maximum atomic E-state index is 12.4. The second-order valence-electron chi connectivity index (χ2n) is 5.16. The zero-order valence-corrected chi connectivity index (χ0v) is 11.8. The summed E-state index contributed by atoms with van der Waals surface area (Å²) in [5.74, 6) is -0.218. The highest BCUT2D eigenvalue weighted by Crippen LogP contribution is 2.23. The molecule has 7 heteroatoms. The maximum absolute atomic E-state index is 12.4. The van der Waals surface area contributed by atoms with Crippen molar-refractivity contribution in [3.05, 3.63) is 35.7 Å². The molecule has 2 aromatic rings. The monoisotopic (exact) mass is 285 g/mol. The third-order valence-electron chi connectivity index (χ3n) is 3.29. The number of rotatable bonds is 2. The summed E-state index contributed by atoms with van der Waals surface area (Å²) in [6.07, 6.45) is 1.37. The quantitative estimate of drug-likeness (QED) is 0.873. The van der Waals surface area contributed by atoms with Crippen molar-refractivity contribution < 1.29 is 9.59 Å². The van der Waals surface area contributed by atoms with E-state index >= 15 is 0 Å². The lowest BCUT2D eigenvalue weighted by atomic mass is 10.1. The van der Waals surface area contributed by atoms with Gasteiger partial charge in [-0.05, 0) is 37.1 Å². The zero-order valence-electron chi connectivity index (χ0n) is 11.8. The minimum atomic E-state index is -0.683. The summed E-state index contributed by atoms with van der Waals surface area (Å²) in [5, 5.41) is 9.41. The summed E-state index contributed by atoms with van der Waals surface area (Å²) in [5.41, 5.74) is 2.84.